The second-order valence-electron chi connectivity index (χ2n) is 7.17. The monoisotopic (exact) mass is 440 g/mol. The maximum atomic E-state index is 10.5. The van der Waals surface area contributed by atoms with Gasteiger partial charge in [0.05, 0.1) is 24.0 Å². The second kappa shape index (κ2) is 9.22. The number of rotatable bonds is 9. The number of fused-ring (bicyclic) bond motifs is 1. The predicted molar refractivity (Wildman–Crippen MR) is 117 cm³/mol. The lowest BCUT2D eigenvalue weighted by Crippen LogP contribution is -2.05. The Hall–Kier alpha value is -3.32. The summed E-state index contributed by atoms with van der Waals surface area (Å²) in [5, 5.41) is 5.40. The summed E-state index contributed by atoms with van der Waals surface area (Å²) in [6, 6.07) is 10.8. The topological polar surface area (TPSA) is 87.6 Å². The molecule has 2 aromatic carbocycles. The van der Waals surface area contributed by atoms with Gasteiger partial charge in [0.2, 0.25) is 5.82 Å². The summed E-state index contributed by atoms with van der Waals surface area (Å²) in [5.74, 6) is 1.97. The average Bonchev–Trinajstić information content (AvgIpc) is 3.42. The fourth-order valence-electron chi connectivity index (χ4n) is 3.13. The summed E-state index contributed by atoms with van der Waals surface area (Å²) in [6.07, 6.45) is 3.58. The summed E-state index contributed by atoms with van der Waals surface area (Å²) >= 11 is 6.33. The molecule has 0 unspecified atom stereocenters. The number of aromatic nitrogens is 2. The molecule has 8 heteroatoms. The number of hydrogen-bond acceptors (Lipinski definition) is 7. The smallest absolute Gasteiger partial charge is 0.258 e. The molecular formula is C23H21ClN2O5. The van der Waals surface area contributed by atoms with Crippen LogP contribution < -0.4 is 9.47 Å². The summed E-state index contributed by atoms with van der Waals surface area (Å²) in [7, 11) is 0. The second-order valence-corrected chi connectivity index (χ2v) is 7.57. The first kappa shape index (κ1) is 20.9. The molecule has 0 atom stereocenters. The predicted octanol–water partition coefficient (Wildman–Crippen LogP) is 5.95. The number of ether oxygens (including phenoxy) is 2. The highest BCUT2D eigenvalue weighted by Crippen LogP contribution is 2.36. The minimum atomic E-state index is 0.0210. The van der Waals surface area contributed by atoms with Crippen molar-refractivity contribution in [3.8, 4) is 34.3 Å². The van der Waals surface area contributed by atoms with E-state index in [1.807, 2.05) is 32.0 Å². The molecule has 2 aromatic heterocycles. The maximum absolute atomic E-state index is 10.5. The van der Waals surface area contributed by atoms with Crippen LogP contribution in [0.4, 0.5) is 0 Å². The summed E-state index contributed by atoms with van der Waals surface area (Å²) in [6.45, 7) is 4.30. The molecule has 0 saturated heterocycles. The molecule has 0 aliphatic heterocycles. The fourth-order valence-corrected chi connectivity index (χ4v) is 3.35. The van der Waals surface area contributed by atoms with Crippen molar-refractivity contribution in [1.82, 2.24) is 10.1 Å². The minimum Gasteiger partial charge on any atom is -0.490 e. The third-order valence-corrected chi connectivity index (χ3v) is 4.81. The third kappa shape index (κ3) is 4.56. The molecule has 160 valence electrons. The van der Waals surface area contributed by atoms with E-state index in [1.165, 1.54) is 0 Å². The SMILES string of the molecule is CC(C)Oc1ccc(-c2nc(-c3ccc(OCCCC=O)c4occc34)no2)cc1Cl. The first-order chi connectivity index (χ1) is 15.1. The van der Waals surface area contributed by atoms with E-state index >= 15 is 0 Å². The highest BCUT2D eigenvalue weighted by atomic mass is 35.5. The number of nitrogens with zero attached hydrogens (tertiary/aromatic N) is 2. The molecule has 2 heterocycles. The molecule has 0 spiro atoms. The Labute approximate surface area is 183 Å². The van der Waals surface area contributed by atoms with Gasteiger partial charge in [-0.3, -0.25) is 0 Å². The Kier molecular flexibility index (Phi) is 6.23. The Morgan fingerprint density at radius 2 is 2.00 bits per heavy atom. The Balaban J connectivity index is 1.60. The van der Waals surface area contributed by atoms with Crippen LogP contribution in [0.5, 0.6) is 11.5 Å². The van der Waals surface area contributed by atoms with Crippen LogP contribution in [0.2, 0.25) is 5.02 Å². The van der Waals surface area contributed by atoms with Crippen LogP contribution in [0.15, 0.2) is 51.6 Å². The highest BCUT2D eigenvalue weighted by molar-refractivity contribution is 6.32. The van der Waals surface area contributed by atoms with Gasteiger partial charge in [0, 0.05) is 22.9 Å². The molecule has 0 aliphatic carbocycles. The van der Waals surface area contributed by atoms with Crippen LogP contribution in [-0.4, -0.2) is 29.1 Å². The molecule has 31 heavy (non-hydrogen) atoms. The van der Waals surface area contributed by atoms with Crippen LogP contribution in [0.1, 0.15) is 26.7 Å². The van der Waals surface area contributed by atoms with Gasteiger partial charge in [-0.2, -0.15) is 4.98 Å². The van der Waals surface area contributed by atoms with Crippen molar-refractivity contribution in [3.05, 3.63) is 47.7 Å². The number of halogens is 1. The van der Waals surface area contributed by atoms with E-state index in [0.717, 1.165) is 17.2 Å². The van der Waals surface area contributed by atoms with Crippen LogP contribution in [-0.2, 0) is 4.79 Å². The quantitative estimate of drug-likeness (QED) is 0.235. The number of benzene rings is 2. The Morgan fingerprint density at radius 3 is 2.77 bits per heavy atom. The van der Waals surface area contributed by atoms with Crippen LogP contribution >= 0.6 is 11.6 Å². The lowest BCUT2D eigenvalue weighted by Gasteiger charge is -2.11. The average molecular weight is 441 g/mol. The molecule has 4 aromatic rings. The van der Waals surface area contributed by atoms with E-state index in [1.54, 1.807) is 24.5 Å². The van der Waals surface area contributed by atoms with Gasteiger partial charge >= 0.3 is 0 Å². The molecule has 0 bridgehead atoms. The molecule has 4 rings (SSSR count). The summed E-state index contributed by atoms with van der Waals surface area (Å²) in [4.78, 5) is 15.0. The van der Waals surface area contributed by atoms with Gasteiger partial charge in [-0.1, -0.05) is 16.8 Å². The van der Waals surface area contributed by atoms with Crippen molar-refractivity contribution >= 4 is 28.9 Å². The lowest BCUT2D eigenvalue weighted by atomic mass is 10.1. The van der Waals surface area contributed by atoms with Crippen LogP contribution in [0.25, 0.3) is 33.8 Å². The maximum Gasteiger partial charge on any atom is 0.258 e. The number of unbranched alkanes of at least 4 members (excludes halogenated alkanes) is 1. The first-order valence-corrected chi connectivity index (χ1v) is 10.3. The zero-order valence-corrected chi connectivity index (χ0v) is 17.9. The van der Waals surface area contributed by atoms with Crippen molar-refractivity contribution in [2.24, 2.45) is 0 Å². The standard InChI is InChI=1S/C23H21ClN2O5/c1-14(2)30-19-7-5-15(13-18(19)24)23-25-22(26-31-23)17-6-8-20(28-11-4-3-10-27)21-16(17)9-12-29-21/h5-10,12-14H,3-4,11H2,1-2H3. The van der Waals surface area contributed by atoms with E-state index in [0.29, 0.717) is 58.8 Å². The van der Waals surface area contributed by atoms with Gasteiger partial charge in [0.1, 0.15) is 12.0 Å². The molecule has 0 saturated carbocycles. The van der Waals surface area contributed by atoms with E-state index in [4.69, 9.17) is 30.0 Å². The third-order valence-electron chi connectivity index (χ3n) is 4.51. The minimum absolute atomic E-state index is 0.0210. The highest BCUT2D eigenvalue weighted by Gasteiger charge is 2.18. The molecule has 0 N–H and O–H groups in total. The number of carbonyl (C=O) groups is 1. The summed E-state index contributed by atoms with van der Waals surface area (Å²) in [5.41, 5.74) is 2.04. The van der Waals surface area contributed by atoms with Crippen LogP contribution in [0, 0.1) is 0 Å². The number of aldehydes is 1. The van der Waals surface area contributed by atoms with Gasteiger partial charge in [0.25, 0.3) is 5.89 Å². The van der Waals surface area contributed by atoms with E-state index in [2.05, 4.69) is 10.1 Å². The first-order valence-electron chi connectivity index (χ1n) is 9.94. The molecule has 0 radical (unpaired) electrons. The Morgan fingerprint density at radius 1 is 1.16 bits per heavy atom. The van der Waals surface area contributed by atoms with Gasteiger partial charge < -0.3 is 23.2 Å². The fraction of sp³-hybridized carbons (Fsp3) is 0.261. The lowest BCUT2D eigenvalue weighted by molar-refractivity contribution is -0.108. The van der Waals surface area contributed by atoms with Crippen molar-refractivity contribution < 1.29 is 23.2 Å². The molecule has 7 nitrogen and oxygen atoms in total. The Bertz CT molecular complexity index is 1200. The largest absolute Gasteiger partial charge is 0.490 e. The summed E-state index contributed by atoms with van der Waals surface area (Å²) < 4.78 is 22.5. The van der Waals surface area contributed by atoms with Gasteiger partial charge in [-0.25, -0.2) is 0 Å². The molecular weight excluding hydrogens is 420 g/mol. The van der Waals surface area contributed by atoms with Crippen molar-refractivity contribution in [3.63, 3.8) is 0 Å². The van der Waals surface area contributed by atoms with Crippen LogP contribution in [0.3, 0.4) is 0 Å². The van der Waals surface area contributed by atoms with Gasteiger partial charge in [-0.05, 0) is 56.7 Å². The van der Waals surface area contributed by atoms with Crippen molar-refractivity contribution in [1.29, 1.82) is 0 Å². The van der Waals surface area contributed by atoms with E-state index in [-0.39, 0.29) is 6.10 Å². The zero-order valence-electron chi connectivity index (χ0n) is 17.1. The van der Waals surface area contributed by atoms with Crippen molar-refractivity contribution in [2.75, 3.05) is 6.61 Å². The van der Waals surface area contributed by atoms with Gasteiger partial charge in [-0.15, -0.1) is 0 Å². The van der Waals surface area contributed by atoms with Gasteiger partial charge in [0.15, 0.2) is 11.3 Å². The molecule has 0 aliphatic rings. The van der Waals surface area contributed by atoms with E-state index < -0.39 is 0 Å². The van der Waals surface area contributed by atoms with Crippen molar-refractivity contribution in [2.45, 2.75) is 32.8 Å². The zero-order chi connectivity index (χ0) is 21.8. The number of hydrogen-bond donors (Lipinski definition) is 0. The number of carbonyl (C=O) groups excluding carboxylic acids is 1. The molecule has 0 fully saturated rings. The number of furan rings is 1. The van der Waals surface area contributed by atoms with E-state index in [9.17, 15) is 4.79 Å². The molecule has 0 amide bonds. The normalized spacial score (nSPS) is 11.2.